The zero-order chi connectivity index (χ0) is 32.5. The van der Waals surface area contributed by atoms with E-state index in [1.165, 1.54) is 12.1 Å². The molecule has 3 aromatic carbocycles. The van der Waals surface area contributed by atoms with Crippen LogP contribution in [0.5, 0.6) is 0 Å². The van der Waals surface area contributed by atoms with Crippen LogP contribution in [0.4, 0.5) is 27.6 Å². The van der Waals surface area contributed by atoms with Crippen molar-refractivity contribution in [2.75, 3.05) is 25.5 Å². The molecule has 7 nitrogen and oxygen atoms in total. The summed E-state index contributed by atoms with van der Waals surface area (Å²) in [6, 6.07) is 6.39. The summed E-state index contributed by atoms with van der Waals surface area (Å²) >= 11 is 0. The first-order valence-corrected chi connectivity index (χ1v) is 14.1. The third-order valence-electron chi connectivity index (χ3n) is 7.73. The van der Waals surface area contributed by atoms with Crippen molar-refractivity contribution in [2.24, 2.45) is 7.05 Å². The van der Waals surface area contributed by atoms with Crippen LogP contribution in [0.2, 0.25) is 0 Å². The maximum absolute atomic E-state index is 14.4. The van der Waals surface area contributed by atoms with E-state index >= 15 is 0 Å². The maximum Gasteiger partial charge on any atom is 0.416 e. The number of rotatable bonds is 7. The summed E-state index contributed by atoms with van der Waals surface area (Å²) < 4.78 is 70.5. The van der Waals surface area contributed by atoms with E-state index in [1.54, 1.807) is 37.7 Å². The molecule has 1 unspecified atom stereocenters. The third-order valence-corrected chi connectivity index (χ3v) is 7.73. The number of aromatic nitrogens is 2. The van der Waals surface area contributed by atoms with Crippen molar-refractivity contribution in [3.05, 3.63) is 93.2 Å². The largest absolute Gasteiger partial charge is 0.416 e. The first-order chi connectivity index (χ1) is 20.8. The van der Waals surface area contributed by atoms with Crippen molar-refractivity contribution in [2.45, 2.75) is 45.8 Å². The molecule has 2 heterocycles. The third kappa shape index (κ3) is 6.30. The Labute approximate surface area is 252 Å². The summed E-state index contributed by atoms with van der Waals surface area (Å²) in [5.74, 6) is -2.62. The van der Waals surface area contributed by atoms with Crippen molar-refractivity contribution >= 4 is 28.9 Å². The molecule has 5 rings (SSSR count). The SMILES string of the molecule is CC.Cc1ccc(F)cc1C(NC=O)c1c(NC(=O)c2cc(F)cc(C(F)(F)F)c2)cc2c(C3CN(C)C3)n(C)nc2c1C. The fourth-order valence-electron chi connectivity index (χ4n) is 5.75. The summed E-state index contributed by atoms with van der Waals surface area (Å²) in [7, 11) is 3.78. The van der Waals surface area contributed by atoms with Gasteiger partial charge in [0, 0.05) is 48.3 Å². The molecule has 0 spiro atoms. The van der Waals surface area contributed by atoms with Crippen LogP contribution in [0.1, 0.15) is 69.7 Å². The molecule has 0 radical (unpaired) electrons. The quantitative estimate of drug-likeness (QED) is 0.181. The van der Waals surface area contributed by atoms with E-state index < -0.39 is 40.9 Å². The number of anilines is 1. The first-order valence-electron chi connectivity index (χ1n) is 14.1. The average Bonchev–Trinajstić information content (AvgIpc) is 3.27. The Morgan fingerprint density at radius 1 is 1.02 bits per heavy atom. The minimum atomic E-state index is -4.87. The van der Waals surface area contributed by atoms with Gasteiger partial charge in [0.2, 0.25) is 6.41 Å². The van der Waals surface area contributed by atoms with Crippen LogP contribution in [-0.4, -0.2) is 47.1 Å². The summed E-state index contributed by atoms with van der Waals surface area (Å²) in [6.07, 6.45) is -4.42. The smallest absolute Gasteiger partial charge is 0.348 e. The zero-order valence-electron chi connectivity index (χ0n) is 25.2. The molecule has 0 bridgehead atoms. The van der Waals surface area contributed by atoms with Crippen molar-refractivity contribution in [3.8, 4) is 0 Å². The van der Waals surface area contributed by atoms with Crippen LogP contribution in [0.3, 0.4) is 0 Å². The van der Waals surface area contributed by atoms with E-state index in [2.05, 4.69) is 15.5 Å². The van der Waals surface area contributed by atoms with E-state index in [-0.39, 0.29) is 11.6 Å². The molecule has 2 amide bonds. The monoisotopic (exact) mass is 615 g/mol. The van der Waals surface area contributed by atoms with Gasteiger partial charge in [0.1, 0.15) is 11.6 Å². The highest BCUT2D eigenvalue weighted by atomic mass is 19.4. The lowest BCUT2D eigenvalue weighted by Crippen LogP contribution is -2.42. The van der Waals surface area contributed by atoms with Gasteiger partial charge in [-0.1, -0.05) is 19.9 Å². The van der Waals surface area contributed by atoms with Crippen LogP contribution in [-0.2, 0) is 18.0 Å². The Kier molecular flexibility index (Phi) is 9.43. The van der Waals surface area contributed by atoms with Crippen molar-refractivity contribution < 1.29 is 31.5 Å². The summed E-state index contributed by atoms with van der Waals surface area (Å²) in [5.41, 5.74) is 1.78. The van der Waals surface area contributed by atoms with Gasteiger partial charge in [-0.25, -0.2) is 8.78 Å². The number of likely N-dealkylation sites (tertiary alicyclic amines) is 1. The second-order valence-corrected chi connectivity index (χ2v) is 10.7. The number of nitrogens with one attached hydrogen (secondary N) is 2. The van der Waals surface area contributed by atoms with Gasteiger partial charge in [0.05, 0.1) is 22.8 Å². The van der Waals surface area contributed by atoms with Gasteiger partial charge in [-0.05, 0) is 74.0 Å². The van der Waals surface area contributed by atoms with Crippen LogP contribution in [0.25, 0.3) is 10.9 Å². The van der Waals surface area contributed by atoms with Gasteiger partial charge in [-0.15, -0.1) is 0 Å². The molecular weight excluding hydrogens is 581 g/mol. The maximum atomic E-state index is 14.4. The van der Waals surface area contributed by atoms with Gasteiger partial charge in [-0.3, -0.25) is 14.3 Å². The molecule has 2 N–H and O–H groups in total. The van der Waals surface area contributed by atoms with Gasteiger partial charge in [-0.2, -0.15) is 18.3 Å². The molecule has 1 aromatic heterocycles. The Morgan fingerprint density at radius 3 is 2.32 bits per heavy atom. The molecule has 1 saturated heterocycles. The number of alkyl halides is 3. The number of carbonyl (C=O) groups is 2. The predicted octanol–water partition coefficient (Wildman–Crippen LogP) is 6.63. The molecule has 1 aliphatic rings. The second kappa shape index (κ2) is 12.7. The lowest BCUT2D eigenvalue weighted by atomic mass is 9.87. The Bertz CT molecular complexity index is 1710. The number of hydrogen-bond donors (Lipinski definition) is 2. The van der Waals surface area contributed by atoms with E-state index in [0.717, 1.165) is 18.8 Å². The molecular formula is C32H34F5N5O2. The molecule has 0 saturated carbocycles. The van der Waals surface area contributed by atoms with Crippen molar-refractivity contribution in [1.29, 1.82) is 0 Å². The van der Waals surface area contributed by atoms with Gasteiger partial charge in [0.15, 0.2) is 0 Å². The highest BCUT2D eigenvalue weighted by Crippen LogP contribution is 2.41. The summed E-state index contributed by atoms with van der Waals surface area (Å²) in [6.45, 7) is 9.03. The highest BCUT2D eigenvalue weighted by Gasteiger charge is 2.34. The van der Waals surface area contributed by atoms with Crippen LogP contribution >= 0.6 is 0 Å². The van der Waals surface area contributed by atoms with Crippen molar-refractivity contribution in [3.63, 3.8) is 0 Å². The predicted molar refractivity (Wildman–Crippen MR) is 159 cm³/mol. The van der Waals surface area contributed by atoms with Gasteiger partial charge in [0.25, 0.3) is 5.91 Å². The molecule has 1 aliphatic heterocycles. The highest BCUT2D eigenvalue weighted by molar-refractivity contribution is 6.06. The van der Waals surface area contributed by atoms with Crippen molar-refractivity contribution in [1.82, 2.24) is 20.0 Å². The molecule has 234 valence electrons. The summed E-state index contributed by atoms with van der Waals surface area (Å²) in [4.78, 5) is 27.3. The lowest BCUT2D eigenvalue weighted by Gasteiger charge is -2.36. The van der Waals surface area contributed by atoms with Gasteiger partial charge < -0.3 is 15.5 Å². The Hall–Kier alpha value is -4.32. The van der Waals surface area contributed by atoms with Gasteiger partial charge >= 0.3 is 6.18 Å². The molecule has 12 heteroatoms. The number of amides is 2. The minimum absolute atomic E-state index is 0.144. The molecule has 1 atom stereocenters. The Balaban J connectivity index is 0.00000216. The van der Waals surface area contributed by atoms with Crippen LogP contribution in [0.15, 0.2) is 42.5 Å². The van der Waals surface area contributed by atoms with Crippen LogP contribution < -0.4 is 10.6 Å². The molecule has 4 aromatic rings. The van der Waals surface area contributed by atoms with E-state index in [9.17, 15) is 31.5 Å². The number of aryl methyl sites for hydroxylation is 3. The number of fused-ring (bicyclic) bond motifs is 1. The zero-order valence-corrected chi connectivity index (χ0v) is 25.2. The topological polar surface area (TPSA) is 79.3 Å². The average molecular weight is 616 g/mol. The van der Waals surface area contributed by atoms with E-state index in [0.29, 0.717) is 57.8 Å². The minimum Gasteiger partial charge on any atom is -0.348 e. The lowest BCUT2D eigenvalue weighted by molar-refractivity contribution is -0.137. The number of benzene rings is 3. The standard InChI is InChI=1S/C30H28F5N5O2.C2H6/c1-15-5-6-20(31)10-22(15)27(36-14-41)25-16(2)26-23(28(40(4)38-26)18-12-39(3)13-18)11-24(25)37-29(42)17-7-19(30(33,34)35)9-21(32)8-17;1-2/h5-11,14,18,27H,12-13H2,1-4H3,(H,36,41)(H,37,42);1-2H3. The summed E-state index contributed by atoms with van der Waals surface area (Å²) in [5, 5.41) is 10.8. The number of hydrogen-bond acceptors (Lipinski definition) is 4. The second-order valence-electron chi connectivity index (χ2n) is 10.7. The fourth-order valence-corrected chi connectivity index (χ4v) is 5.75. The Morgan fingerprint density at radius 2 is 1.70 bits per heavy atom. The number of carbonyl (C=O) groups excluding carboxylic acids is 2. The first kappa shape index (κ1) is 32.6. The number of likely N-dealkylation sites (N-methyl/N-ethyl adjacent to an activating group) is 1. The van der Waals surface area contributed by atoms with E-state index in [1.807, 2.05) is 20.9 Å². The molecule has 0 aliphatic carbocycles. The number of halogens is 5. The molecule has 1 fully saturated rings. The normalized spacial score (nSPS) is 14.4. The van der Waals surface area contributed by atoms with Crippen LogP contribution in [0, 0.1) is 25.5 Å². The fraction of sp³-hybridized carbons (Fsp3) is 0.344. The van der Waals surface area contributed by atoms with E-state index in [4.69, 9.17) is 5.10 Å². The molecule has 44 heavy (non-hydrogen) atoms. The number of nitrogens with zero attached hydrogens (tertiary/aromatic N) is 3.